The van der Waals surface area contributed by atoms with Gasteiger partial charge in [0.1, 0.15) is 24.7 Å². The fourth-order valence-electron chi connectivity index (χ4n) is 6.44. The standard InChI is InChI=1S/C21H26NO/c1-21-18-8-9-19(21)20(23)14-22(21,11-10-18)13-15-6-7-16-4-2-3-5-17(16)12-15/h2-7,12,18-20,23H,8-11,13-14H2,1H3/q+1/t18-,19+,20+,21+,22+/m0/s1. The minimum atomic E-state index is -0.0919. The number of rotatable bonds is 2. The quantitative estimate of drug-likeness (QED) is 0.838. The third-order valence-corrected chi connectivity index (χ3v) is 7.63. The van der Waals surface area contributed by atoms with Crippen molar-refractivity contribution in [3.8, 4) is 0 Å². The van der Waals surface area contributed by atoms with Gasteiger partial charge in [-0.2, -0.15) is 0 Å². The van der Waals surface area contributed by atoms with Crippen LogP contribution in [0.1, 0.15) is 31.7 Å². The Morgan fingerprint density at radius 2 is 1.91 bits per heavy atom. The van der Waals surface area contributed by atoms with Crippen LogP contribution >= 0.6 is 0 Å². The van der Waals surface area contributed by atoms with Crippen molar-refractivity contribution in [2.24, 2.45) is 11.8 Å². The van der Waals surface area contributed by atoms with E-state index in [1.807, 2.05) is 0 Å². The van der Waals surface area contributed by atoms with Gasteiger partial charge in [-0.1, -0.05) is 36.4 Å². The molecule has 0 aromatic heterocycles. The molecule has 0 amide bonds. The zero-order valence-electron chi connectivity index (χ0n) is 13.9. The van der Waals surface area contributed by atoms with Crippen molar-refractivity contribution >= 4 is 10.8 Å². The number of aliphatic hydroxyl groups is 1. The molecule has 0 spiro atoms. The van der Waals surface area contributed by atoms with E-state index in [1.54, 1.807) is 0 Å². The van der Waals surface area contributed by atoms with Gasteiger partial charge in [0.25, 0.3) is 0 Å². The van der Waals surface area contributed by atoms with E-state index in [4.69, 9.17) is 0 Å². The summed E-state index contributed by atoms with van der Waals surface area (Å²) >= 11 is 0. The maximum Gasteiger partial charge on any atom is 0.112 e. The van der Waals surface area contributed by atoms with Gasteiger partial charge < -0.3 is 9.59 Å². The molecule has 2 aliphatic heterocycles. The first-order valence-electron chi connectivity index (χ1n) is 9.14. The summed E-state index contributed by atoms with van der Waals surface area (Å²) in [5.74, 6) is 1.35. The highest BCUT2D eigenvalue weighted by Gasteiger charge is 2.70. The fourth-order valence-corrected chi connectivity index (χ4v) is 6.44. The molecule has 2 heteroatoms. The van der Waals surface area contributed by atoms with Crippen molar-refractivity contribution in [2.75, 3.05) is 13.1 Å². The van der Waals surface area contributed by atoms with E-state index in [1.165, 1.54) is 42.1 Å². The molecule has 3 aliphatic rings. The third kappa shape index (κ3) is 1.71. The van der Waals surface area contributed by atoms with E-state index in [9.17, 15) is 5.11 Å². The molecule has 23 heavy (non-hydrogen) atoms. The van der Waals surface area contributed by atoms with Crippen molar-refractivity contribution in [1.29, 1.82) is 0 Å². The monoisotopic (exact) mass is 308 g/mol. The SMILES string of the molecule is C[C@@]12[C@H]3CC[C@@H]1[C@H](O)C[N@+]2(Cc1ccc2ccccc2c1)CC3. The number of aliphatic hydroxyl groups excluding tert-OH is 1. The third-order valence-electron chi connectivity index (χ3n) is 7.63. The number of nitrogens with zero attached hydrogens (tertiary/aromatic N) is 1. The first-order valence-corrected chi connectivity index (χ1v) is 9.14. The molecule has 2 heterocycles. The van der Waals surface area contributed by atoms with Crippen molar-refractivity contribution in [3.63, 3.8) is 0 Å². The molecule has 3 fully saturated rings. The molecule has 0 bridgehead atoms. The number of fused-ring (bicyclic) bond motifs is 1. The Hall–Kier alpha value is -1.38. The van der Waals surface area contributed by atoms with Gasteiger partial charge in [-0.15, -0.1) is 0 Å². The first kappa shape index (κ1) is 14.0. The van der Waals surface area contributed by atoms with Crippen LogP contribution in [0.25, 0.3) is 10.8 Å². The molecule has 1 N–H and O–H groups in total. The van der Waals surface area contributed by atoms with E-state index in [0.717, 1.165) is 23.5 Å². The van der Waals surface area contributed by atoms with Crippen LogP contribution in [-0.4, -0.2) is 34.3 Å². The normalized spacial score (nSPS) is 41.6. The minimum absolute atomic E-state index is 0.0919. The predicted molar refractivity (Wildman–Crippen MR) is 92.9 cm³/mol. The molecule has 2 saturated heterocycles. The molecular weight excluding hydrogens is 282 g/mol. The Labute approximate surface area is 138 Å². The van der Waals surface area contributed by atoms with Gasteiger partial charge in [0.15, 0.2) is 0 Å². The molecule has 5 atom stereocenters. The number of hydrogen-bond acceptors (Lipinski definition) is 1. The minimum Gasteiger partial charge on any atom is -0.387 e. The van der Waals surface area contributed by atoms with Gasteiger partial charge in [0.05, 0.1) is 6.54 Å². The summed E-state index contributed by atoms with van der Waals surface area (Å²) in [6.45, 7) is 5.79. The lowest BCUT2D eigenvalue weighted by molar-refractivity contribution is -0.966. The first-order chi connectivity index (χ1) is 11.1. The van der Waals surface area contributed by atoms with E-state index in [0.29, 0.717) is 11.5 Å². The Morgan fingerprint density at radius 1 is 1.09 bits per heavy atom. The van der Waals surface area contributed by atoms with Crippen LogP contribution in [0.4, 0.5) is 0 Å². The van der Waals surface area contributed by atoms with Crippen molar-refractivity contribution in [3.05, 3.63) is 48.0 Å². The van der Waals surface area contributed by atoms with E-state index in [2.05, 4.69) is 49.4 Å². The summed E-state index contributed by atoms with van der Waals surface area (Å²) in [6, 6.07) is 15.6. The summed E-state index contributed by atoms with van der Waals surface area (Å²) in [5.41, 5.74) is 1.75. The van der Waals surface area contributed by atoms with Crippen LogP contribution in [0.3, 0.4) is 0 Å². The van der Waals surface area contributed by atoms with Crippen molar-refractivity contribution in [2.45, 2.75) is 44.4 Å². The molecule has 0 radical (unpaired) electrons. The van der Waals surface area contributed by atoms with Crippen LogP contribution < -0.4 is 0 Å². The molecule has 2 nitrogen and oxygen atoms in total. The molecule has 1 saturated carbocycles. The molecular formula is C21H26NO+. The van der Waals surface area contributed by atoms with Gasteiger partial charge in [-0.3, -0.25) is 0 Å². The summed E-state index contributed by atoms with van der Waals surface area (Å²) in [4.78, 5) is 0. The second-order valence-electron chi connectivity index (χ2n) is 8.35. The zero-order chi connectivity index (χ0) is 15.7. The highest BCUT2D eigenvalue weighted by molar-refractivity contribution is 5.82. The maximum absolute atomic E-state index is 10.7. The maximum atomic E-state index is 10.7. The molecule has 0 unspecified atom stereocenters. The average molecular weight is 308 g/mol. The molecule has 1 aliphatic carbocycles. The fraction of sp³-hybridized carbons (Fsp3) is 0.524. The van der Waals surface area contributed by atoms with Gasteiger partial charge in [-0.25, -0.2) is 0 Å². The zero-order valence-corrected chi connectivity index (χ0v) is 13.9. The van der Waals surface area contributed by atoms with E-state index >= 15 is 0 Å². The summed E-state index contributed by atoms with van der Waals surface area (Å²) in [6.07, 6.45) is 3.83. The van der Waals surface area contributed by atoms with E-state index in [-0.39, 0.29) is 6.10 Å². The van der Waals surface area contributed by atoms with Gasteiger partial charge in [0.2, 0.25) is 0 Å². The van der Waals surface area contributed by atoms with Crippen molar-refractivity contribution in [1.82, 2.24) is 0 Å². The summed E-state index contributed by atoms with van der Waals surface area (Å²) < 4.78 is 1.13. The Morgan fingerprint density at radius 3 is 2.78 bits per heavy atom. The van der Waals surface area contributed by atoms with E-state index < -0.39 is 0 Å². The number of quaternary nitrogens is 1. The van der Waals surface area contributed by atoms with Crippen LogP contribution in [0.15, 0.2) is 42.5 Å². The lowest BCUT2D eigenvalue weighted by Gasteiger charge is -2.44. The highest BCUT2D eigenvalue weighted by Crippen LogP contribution is 2.60. The Kier molecular flexibility index (Phi) is 2.79. The number of benzene rings is 2. The second-order valence-corrected chi connectivity index (χ2v) is 8.35. The molecule has 2 aromatic carbocycles. The summed E-state index contributed by atoms with van der Waals surface area (Å²) in [5, 5.41) is 13.3. The Bertz CT molecular complexity index is 771. The van der Waals surface area contributed by atoms with Crippen LogP contribution in [0.5, 0.6) is 0 Å². The topological polar surface area (TPSA) is 20.2 Å². The summed E-state index contributed by atoms with van der Waals surface area (Å²) in [7, 11) is 0. The van der Waals surface area contributed by atoms with Crippen LogP contribution in [0.2, 0.25) is 0 Å². The Balaban J connectivity index is 1.55. The lowest BCUT2D eigenvalue weighted by atomic mass is 9.83. The highest BCUT2D eigenvalue weighted by atomic mass is 16.3. The van der Waals surface area contributed by atoms with Gasteiger partial charge >= 0.3 is 0 Å². The molecule has 2 aromatic rings. The predicted octanol–water partition coefficient (Wildman–Crippen LogP) is 3.72. The van der Waals surface area contributed by atoms with Gasteiger partial charge in [-0.05, 0) is 36.6 Å². The van der Waals surface area contributed by atoms with Gasteiger partial charge in [0, 0.05) is 23.8 Å². The van der Waals surface area contributed by atoms with Crippen LogP contribution in [0, 0.1) is 11.8 Å². The lowest BCUT2D eigenvalue weighted by Crippen LogP contribution is -2.57. The van der Waals surface area contributed by atoms with Crippen LogP contribution in [-0.2, 0) is 6.54 Å². The smallest absolute Gasteiger partial charge is 0.112 e. The largest absolute Gasteiger partial charge is 0.387 e. The molecule has 5 rings (SSSR count). The number of hydrogen-bond donors (Lipinski definition) is 1. The second kappa shape index (κ2) is 4.58. The van der Waals surface area contributed by atoms with Crippen molar-refractivity contribution < 1.29 is 9.59 Å². The average Bonchev–Trinajstić information content (AvgIpc) is 3.10. The molecule has 120 valence electrons.